The minimum atomic E-state index is -0.811. The smallest absolute Gasteiger partial charge is 0.199 e. The highest BCUT2D eigenvalue weighted by atomic mass is 32.1. The minimum Gasteiger partial charge on any atom is -0.393 e. The van der Waals surface area contributed by atoms with Crippen molar-refractivity contribution in [1.29, 1.82) is 0 Å². The molecule has 10 rings (SSSR count). The third-order valence-electron chi connectivity index (χ3n) is 14.0. The molecule has 4 nitrogen and oxygen atoms in total. The fourth-order valence-electron chi connectivity index (χ4n) is 11.7. The van der Waals surface area contributed by atoms with Crippen LogP contribution in [0.3, 0.4) is 0 Å². The number of thiophene rings is 1. The number of benzene rings is 2. The number of carbonyl (C=O) groups is 1. The molecule has 3 aromatic rings. The number of fused-ring (bicyclic) bond motifs is 3. The fourth-order valence-corrected chi connectivity index (χ4v) is 12.7. The molecule has 3 fully saturated rings. The highest BCUT2D eigenvalue weighted by Gasteiger charge is 2.74. The second-order valence-corrected chi connectivity index (χ2v) is 16.8. The van der Waals surface area contributed by atoms with Crippen LogP contribution in [0.2, 0.25) is 0 Å². The van der Waals surface area contributed by atoms with E-state index in [0.29, 0.717) is 18.9 Å². The first-order valence-corrected chi connectivity index (χ1v) is 17.6. The molecule has 44 heavy (non-hydrogen) atoms. The molecule has 0 amide bonds. The Morgan fingerprint density at radius 3 is 2.36 bits per heavy atom. The summed E-state index contributed by atoms with van der Waals surface area (Å²) in [6, 6.07) is 19.1. The number of ketones is 1. The Hall–Kier alpha value is -2.57. The van der Waals surface area contributed by atoms with Gasteiger partial charge in [0.25, 0.3) is 0 Å². The zero-order valence-corrected chi connectivity index (χ0v) is 26.7. The van der Waals surface area contributed by atoms with Crippen LogP contribution in [0.4, 0.5) is 0 Å². The van der Waals surface area contributed by atoms with E-state index in [2.05, 4.69) is 79.4 Å². The lowest BCUT2D eigenvalue weighted by atomic mass is 9.32. The van der Waals surface area contributed by atoms with Crippen molar-refractivity contribution in [2.75, 3.05) is 6.54 Å². The van der Waals surface area contributed by atoms with Gasteiger partial charge in [-0.2, -0.15) is 0 Å². The summed E-state index contributed by atoms with van der Waals surface area (Å²) in [4.78, 5) is 18.2. The van der Waals surface area contributed by atoms with E-state index in [1.165, 1.54) is 11.1 Å². The van der Waals surface area contributed by atoms with E-state index in [0.717, 1.165) is 72.2 Å². The summed E-state index contributed by atoms with van der Waals surface area (Å²) < 4.78 is 1.15. The van der Waals surface area contributed by atoms with Crippen molar-refractivity contribution in [1.82, 2.24) is 4.90 Å². The van der Waals surface area contributed by atoms with Crippen molar-refractivity contribution in [3.8, 4) is 0 Å². The van der Waals surface area contributed by atoms with Gasteiger partial charge < -0.3 is 10.2 Å². The standard InChI is InChI=1S/C39H43NO3S/c1-35-14-11-28(41)20-37(35)17-18-39(29(21-37)34(42)31-19-25-7-5-6-10-30(25)44-31)32(35)12-15-36(2)33(39)13-16-38(36,43)24-40-22-26-8-3-4-9-27(26)23-40/h3-10,17-19,21,28,32-33,41,43H,11-16,20,22-24H2,1-2H3. The number of carbonyl (C=O) groups excluding carboxylic acids is 1. The van der Waals surface area contributed by atoms with Crippen molar-refractivity contribution >= 4 is 27.2 Å². The monoisotopic (exact) mass is 605 g/mol. The van der Waals surface area contributed by atoms with Gasteiger partial charge in [0.05, 0.1) is 16.6 Å². The summed E-state index contributed by atoms with van der Waals surface area (Å²) in [7, 11) is 0. The lowest BCUT2D eigenvalue weighted by Gasteiger charge is -2.71. The van der Waals surface area contributed by atoms with Crippen molar-refractivity contribution in [3.05, 3.63) is 94.4 Å². The van der Waals surface area contributed by atoms with Crippen LogP contribution >= 0.6 is 11.3 Å². The topological polar surface area (TPSA) is 60.8 Å². The number of allylic oxidation sites excluding steroid dienone is 4. The van der Waals surface area contributed by atoms with Gasteiger partial charge in [-0.25, -0.2) is 0 Å². The molecule has 3 saturated carbocycles. The summed E-state index contributed by atoms with van der Waals surface area (Å²) in [5.74, 6) is 0.672. The van der Waals surface area contributed by atoms with E-state index in [-0.39, 0.29) is 34.1 Å². The van der Waals surface area contributed by atoms with Crippen LogP contribution in [0, 0.1) is 33.5 Å². The molecule has 0 saturated heterocycles. The summed E-state index contributed by atoms with van der Waals surface area (Å²) in [5.41, 5.74) is 1.88. The second kappa shape index (κ2) is 9.03. The highest BCUT2D eigenvalue weighted by Crippen LogP contribution is 2.78. The molecule has 2 bridgehead atoms. The number of Topliss-reactive ketones (excluding diaryl/α,β-unsaturated/α-hetero) is 1. The number of hydrogen-bond acceptors (Lipinski definition) is 5. The van der Waals surface area contributed by atoms with E-state index in [4.69, 9.17) is 0 Å². The zero-order chi connectivity index (χ0) is 30.1. The van der Waals surface area contributed by atoms with Gasteiger partial charge in [-0.05, 0) is 90.8 Å². The Kier molecular flexibility index (Phi) is 5.69. The molecule has 6 aliphatic carbocycles. The summed E-state index contributed by atoms with van der Waals surface area (Å²) in [6.07, 6.45) is 13.0. The first-order chi connectivity index (χ1) is 21.1. The molecule has 8 atom stereocenters. The molecule has 228 valence electrons. The molecule has 0 radical (unpaired) electrons. The van der Waals surface area contributed by atoms with Crippen molar-refractivity contribution in [3.63, 3.8) is 0 Å². The molecule has 1 aromatic heterocycles. The second-order valence-electron chi connectivity index (χ2n) is 15.7. The van der Waals surface area contributed by atoms with E-state index in [1.807, 2.05) is 12.1 Å². The molecule has 2 heterocycles. The first kappa shape index (κ1) is 27.7. The molecule has 2 spiro atoms. The van der Waals surface area contributed by atoms with Gasteiger partial charge in [0.15, 0.2) is 5.78 Å². The first-order valence-electron chi connectivity index (χ1n) is 16.8. The molecular formula is C39H43NO3S. The third-order valence-corrected chi connectivity index (χ3v) is 15.1. The van der Waals surface area contributed by atoms with Crippen molar-refractivity contribution < 1.29 is 15.0 Å². The Morgan fingerprint density at radius 1 is 0.909 bits per heavy atom. The SMILES string of the molecule is CC12CCC(O)CC13C=CC1(C(C(=O)c4cc5ccccc5s4)=C3)C2CCC2(C)C1CCC2(O)CN1Cc2ccccc2C1. The van der Waals surface area contributed by atoms with Crippen LogP contribution in [-0.2, 0) is 13.1 Å². The zero-order valence-electron chi connectivity index (χ0n) is 25.9. The fraction of sp³-hybridized carbons (Fsp3) is 0.513. The quantitative estimate of drug-likeness (QED) is 0.237. The maximum absolute atomic E-state index is 14.9. The van der Waals surface area contributed by atoms with Crippen LogP contribution in [0.1, 0.15) is 79.6 Å². The van der Waals surface area contributed by atoms with Gasteiger partial charge in [-0.3, -0.25) is 9.69 Å². The largest absolute Gasteiger partial charge is 0.393 e. The minimum absolute atomic E-state index is 0.0104. The van der Waals surface area contributed by atoms with Crippen LogP contribution < -0.4 is 0 Å². The van der Waals surface area contributed by atoms with Gasteiger partial charge in [0, 0.05) is 46.2 Å². The third kappa shape index (κ3) is 3.37. The lowest BCUT2D eigenvalue weighted by molar-refractivity contribution is -0.176. The van der Waals surface area contributed by atoms with Crippen LogP contribution in [0.15, 0.2) is 78.4 Å². The number of nitrogens with zero attached hydrogens (tertiary/aromatic N) is 1. The Morgan fingerprint density at radius 2 is 1.59 bits per heavy atom. The Labute approximate surface area is 264 Å². The van der Waals surface area contributed by atoms with Gasteiger partial charge in [-0.15, -0.1) is 11.3 Å². The number of rotatable bonds is 4. The maximum Gasteiger partial charge on any atom is 0.199 e. The molecule has 8 unspecified atom stereocenters. The van der Waals surface area contributed by atoms with Gasteiger partial charge >= 0.3 is 0 Å². The Bertz CT molecular complexity index is 1720. The molecule has 7 aliphatic rings. The summed E-state index contributed by atoms with van der Waals surface area (Å²) >= 11 is 1.61. The van der Waals surface area contributed by atoms with E-state index < -0.39 is 11.0 Å². The predicted octanol–water partition coefficient (Wildman–Crippen LogP) is 7.69. The average Bonchev–Trinajstić information content (AvgIpc) is 3.70. The number of aliphatic hydroxyl groups excluding tert-OH is 1. The van der Waals surface area contributed by atoms with Gasteiger partial charge in [0.2, 0.25) is 0 Å². The molecular weight excluding hydrogens is 563 g/mol. The predicted molar refractivity (Wildman–Crippen MR) is 175 cm³/mol. The average molecular weight is 606 g/mol. The number of aliphatic hydroxyl groups is 2. The van der Waals surface area contributed by atoms with Crippen molar-refractivity contribution in [2.45, 2.75) is 83.6 Å². The van der Waals surface area contributed by atoms with Gasteiger partial charge in [-0.1, -0.05) is 74.5 Å². The highest BCUT2D eigenvalue weighted by molar-refractivity contribution is 7.21. The summed E-state index contributed by atoms with van der Waals surface area (Å²) in [6.45, 7) is 7.29. The molecule has 2 aromatic carbocycles. The van der Waals surface area contributed by atoms with Crippen molar-refractivity contribution in [2.24, 2.45) is 33.5 Å². The normalized spacial score (nSPS) is 42.1. The lowest BCUT2D eigenvalue weighted by Crippen LogP contribution is -2.67. The van der Waals surface area contributed by atoms with E-state index >= 15 is 0 Å². The number of β-amino-alcohol motifs (C(OH)–C–C–N with tert-alkyl or cyclic N) is 1. The molecule has 2 N–H and O–H groups in total. The number of hydrogen-bond donors (Lipinski definition) is 2. The summed E-state index contributed by atoms with van der Waals surface area (Å²) in [5, 5.41) is 24.9. The van der Waals surface area contributed by atoms with E-state index in [9.17, 15) is 15.0 Å². The van der Waals surface area contributed by atoms with Crippen LogP contribution in [0.25, 0.3) is 10.1 Å². The molecule has 1 aliphatic heterocycles. The maximum atomic E-state index is 14.9. The van der Waals surface area contributed by atoms with E-state index in [1.54, 1.807) is 11.3 Å². The van der Waals surface area contributed by atoms with Crippen LogP contribution in [-0.4, -0.2) is 39.1 Å². The van der Waals surface area contributed by atoms with Gasteiger partial charge in [0.1, 0.15) is 0 Å². The Balaban J connectivity index is 1.15. The van der Waals surface area contributed by atoms with Crippen LogP contribution in [0.5, 0.6) is 0 Å². The molecule has 5 heteroatoms.